The molecule has 1 aromatic carbocycles. The van der Waals surface area contributed by atoms with Gasteiger partial charge >= 0.3 is 0 Å². The van der Waals surface area contributed by atoms with Gasteiger partial charge in [-0.3, -0.25) is 9.59 Å². The Labute approximate surface area is 142 Å². The van der Waals surface area contributed by atoms with Crippen LogP contribution in [0.15, 0.2) is 47.4 Å². The molecule has 0 N–H and O–H groups in total. The highest BCUT2D eigenvalue weighted by atomic mass is 16.2. The fourth-order valence-corrected chi connectivity index (χ4v) is 3.34. The van der Waals surface area contributed by atoms with Gasteiger partial charge in [0.25, 0.3) is 11.5 Å². The summed E-state index contributed by atoms with van der Waals surface area (Å²) in [6, 6.07) is 11.8. The van der Waals surface area contributed by atoms with Crippen LogP contribution in [-0.4, -0.2) is 28.5 Å². The molecule has 1 aliphatic heterocycles. The largest absolute Gasteiger partial charge is 0.338 e. The minimum Gasteiger partial charge on any atom is -0.338 e. The van der Waals surface area contributed by atoms with E-state index in [1.807, 2.05) is 4.90 Å². The van der Waals surface area contributed by atoms with Crippen LogP contribution in [0.25, 0.3) is 0 Å². The minimum absolute atomic E-state index is 0.0266. The van der Waals surface area contributed by atoms with Crippen molar-refractivity contribution >= 4 is 5.91 Å². The normalized spacial score (nSPS) is 17.8. The van der Waals surface area contributed by atoms with Crippen molar-refractivity contribution in [3.8, 4) is 0 Å². The number of benzene rings is 1. The summed E-state index contributed by atoms with van der Waals surface area (Å²) in [5.41, 5.74) is 2.95. The summed E-state index contributed by atoms with van der Waals surface area (Å²) >= 11 is 0. The smallest absolute Gasteiger partial charge is 0.254 e. The lowest BCUT2D eigenvalue weighted by Gasteiger charge is -2.33. The summed E-state index contributed by atoms with van der Waals surface area (Å²) in [4.78, 5) is 26.3. The van der Waals surface area contributed by atoms with Crippen LogP contribution in [0.3, 0.4) is 0 Å². The zero-order valence-electron chi connectivity index (χ0n) is 14.4. The third kappa shape index (κ3) is 3.75. The Hall–Kier alpha value is -2.36. The number of amides is 1. The zero-order valence-corrected chi connectivity index (χ0v) is 14.4. The second kappa shape index (κ2) is 7.04. The molecule has 1 amide bonds. The van der Waals surface area contributed by atoms with Crippen molar-refractivity contribution in [3.63, 3.8) is 0 Å². The summed E-state index contributed by atoms with van der Waals surface area (Å²) in [6.45, 7) is 3.63. The van der Waals surface area contributed by atoms with E-state index in [9.17, 15) is 9.59 Å². The Kier molecular flexibility index (Phi) is 4.84. The van der Waals surface area contributed by atoms with Crippen molar-refractivity contribution in [2.24, 2.45) is 13.0 Å². The first-order valence-electron chi connectivity index (χ1n) is 8.54. The van der Waals surface area contributed by atoms with E-state index in [1.165, 1.54) is 21.8 Å². The molecule has 4 nitrogen and oxygen atoms in total. The topological polar surface area (TPSA) is 42.3 Å². The number of aromatic nitrogens is 1. The number of likely N-dealkylation sites (tertiary alicyclic amines) is 1. The number of nitrogens with zero attached hydrogens (tertiary/aromatic N) is 2. The molecule has 0 radical (unpaired) electrons. The van der Waals surface area contributed by atoms with E-state index in [2.05, 4.69) is 31.2 Å². The third-order valence-corrected chi connectivity index (χ3v) is 4.80. The van der Waals surface area contributed by atoms with Gasteiger partial charge in [-0.15, -0.1) is 0 Å². The molecule has 4 heteroatoms. The zero-order chi connectivity index (χ0) is 17.1. The Morgan fingerprint density at radius 1 is 1.21 bits per heavy atom. The highest BCUT2D eigenvalue weighted by Gasteiger charge is 2.24. The monoisotopic (exact) mass is 324 g/mol. The van der Waals surface area contributed by atoms with Crippen LogP contribution in [0.2, 0.25) is 0 Å². The van der Waals surface area contributed by atoms with Crippen LogP contribution in [0.1, 0.15) is 34.3 Å². The molecule has 3 rings (SSSR count). The summed E-state index contributed by atoms with van der Waals surface area (Å²) in [5.74, 6) is 0.457. The van der Waals surface area contributed by atoms with Crippen LogP contribution in [0.4, 0.5) is 0 Å². The summed E-state index contributed by atoms with van der Waals surface area (Å²) < 4.78 is 1.48. The fraction of sp³-hybridized carbons (Fsp3) is 0.400. The Balaban J connectivity index is 1.68. The summed E-state index contributed by atoms with van der Waals surface area (Å²) in [7, 11) is 1.69. The van der Waals surface area contributed by atoms with Gasteiger partial charge in [0.2, 0.25) is 0 Å². The quantitative estimate of drug-likeness (QED) is 0.871. The van der Waals surface area contributed by atoms with Crippen LogP contribution >= 0.6 is 0 Å². The van der Waals surface area contributed by atoms with Crippen molar-refractivity contribution in [3.05, 3.63) is 69.6 Å². The first-order chi connectivity index (χ1) is 11.5. The molecule has 24 heavy (non-hydrogen) atoms. The van der Waals surface area contributed by atoms with E-state index in [-0.39, 0.29) is 11.5 Å². The average molecular weight is 324 g/mol. The molecular weight excluding hydrogens is 300 g/mol. The number of carbonyl (C=O) groups is 1. The standard InChI is InChI=1S/C20H24N2O2/c1-15-5-7-16(8-6-15)12-17-4-3-10-22(14-17)20(24)18-9-11-21(2)19(23)13-18/h5-9,11,13,17H,3-4,10,12,14H2,1-2H3. The Morgan fingerprint density at radius 3 is 2.67 bits per heavy atom. The van der Waals surface area contributed by atoms with E-state index < -0.39 is 0 Å². The van der Waals surface area contributed by atoms with Gasteiger partial charge in [-0.05, 0) is 43.7 Å². The number of carbonyl (C=O) groups excluding carboxylic acids is 1. The van der Waals surface area contributed by atoms with Crippen molar-refractivity contribution in [2.45, 2.75) is 26.2 Å². The Morgan fingerprint density at radius 2 is 1.96 bits per heavy atom. The van der Waals surface area contributed by atoms with Gasteiger partial charge in [-0.2, -0.15) is 0 Å². The number of rotatable bonds is 3. The van der Waals surface area contributed by atoms with Crippen LogP contribution in [-0.2, 0) is 13.5 Å². The average Bonchev–Trinajstić information content (AvgIpc) is 2.59. The molecule has 1 aromatic heterocycles. The number of pyridine rings is 1. The molecular formula is C20H24N2O2. The molecule has 1 unspecified atom stereocenters. The Bertz CT molecular complexity index is 777. The number of aryl methyl sites for hydroxylation is 2. The first-order valence-corrected chi connectivity index (χ1v) is 8.54. The van der Waals surface area contributed by atoms with E-state index >= 15 is 0 Å². The molecule has 0 bridgehead atoms. The van der Waals surface area contributed by atoms with Crippen molar-refractivity contribution in [2.75, 3.05) is 13.1 Å². The van der Waals surface area contributed by atoms with Gasteiger partial charge in [0.15, 0.2) is 0 Å². The molecule has 1 atom stereocenters. The second-order valence-electron chi connectivity index (χ2n) is 6.81. The molecule has 0 saturated carbocycles. The number of piperidine rings is 1. The lowest BCUT2D eigenvalue weighted by atomic mass is 9.90. The first kappa shape index (κ1) is 16.5. The number of hydrogen-bond donors (Lipinski definition) is 0. The van der Waals surface area contributed by atoms with Crippen LogP contribution in [0, 0.1) is 12.8 Å². The molecule has 1 aliphatic rings. The minimum atomic E-state index is -0.144. The molecule has 0 spiro atoms. The van der Waals surface area contributed by atoms with Gasteiger partial charge in [-0.1, -0.05) is 29.8 Å². The van der Waals surface area contributed by atoms with E-state index in [1.54, 1.807) is 19.3 Å². The van der Waals surface area contributed by atoms with Crippen molar-refractivity contribution in [1.82, 2.24) is 9.47 Å². The molecule has 1 saturated heterocycles. The van der Waals surface area contributed by atoms with Gasteiger partial charge in [0.05, 0.1) is 0 Å². The van der Waals surface area contributed by atoms with Crippen LogP contribution in [0.5, 0.6) is 0 Å². The predicted octanol–water partition coefficient (Wildman–Crippen LogP) is 2.79. The summed E-state index contributed by atoms with van der Waals surface area (Å²) in [6.07, 6.45) is 4.82. The lowest BCUT2D eigenvalue weighted by Crippen LogP contribution is -2.41. The van der Waals surface area contributed by atoms with Gasteiger partial charge < -0.3 is 9.47 Å². The maximum Gasteiger partial charge on any atom is 0.254 e. The van der Waals surface area contributed by atoms with E-state index in [4.69, 9.17) is 0 Å². The predicted molar refractivity (Wildman–Crippen MR) is 95.2 cm³/mol. The van der Waals surface area contributed by atoms with Gasteiger partial charge in [0, 0.05) is 38.0 Å². The third-order valence-electron chi connectivity index (χ3n) is 4.80. The molecule has 2 aromatic rings. The van der Waals surface area contributed by atoms with Crippen molar-refractivity contribution < 1.29 is 4.79 Å². The van der Waals surface area contributed by atoms with E-state index in [0.717, 1.165) is 32.4 Å². The molecule has 2 heterocycles. The molecule has 0 aliphatic carbocycles. The number of hydrogen-bond acceptors (Lipinski definition) is 2. The summed E-state index contributed by atoms with van der Waals surface area (Å²) in [5, 5.41) is 0. The van der Waals surface area contributed by atoms with Crippen molar-refractivity contribution in [1.29, 1.82) is 0 Å². The highest BCUT2D eigenvalue weighted by Crippen LogP contribution is 2.22. The SMILES string of the molecule is Cc1ccc(CC2CCCN(C(=O)c3ccn(C)c(=O)c3)C2)cc1. The highest BCUT2D eigenvalue weighted by molar-refractivity contribution is 5.94. The second-order valence-corrected chi connectivity index (χ2v) is 6.81. The lowest BCUT2D eigenvalue weighted by molar-refractivity contribution is 0.0673. The maximum atomic E-state index is 12.7. The van der Waals surface area contributed by atoms with Gasteiger partial charge in [-0.25, -0.2) is 0 Å². The van der Waals surface area contributed by atoms with E-state index in [0.29, 0.717) is 11.5 Å². The fourth-order valence-electron chi connectivity index (χ4n) is 3.34. The maximum absolute atomic E-state index is 12.7. The molecule has 1 fully saturated rings. The molecule has 126 valence electrons. The van der Waals surface area contributed by atoms with Gasteiger partial charge in [0.1, 0.15) is 0 Å². The van der Waals surface area contributed by atoms with Crippen LogP contribution < -0.4 is 5.56 Å².